The van der Waals surface area contributed by atoms with Gasteiger partial charge >= 0.3 is 0 Å². The Morgan fingerprint density at radius 2 is 2.05 bits per heavy atom. The Hall–Kier alpha value is -2.36. The van der Waals surface area contributed by atoms with Gasteiger partial charge in [0, 0.05) is 12.1 Å². The first-order chi connectivity index (χ1) is 9.26. The van der Waals surface area contributed by atoms with Crippen LogP contribution in [0.4, 0.5) is 0 Å². The third kappa shape index (κ3) is 2.91. The average Bonchev–Trinajstić information content (AvgIpc) is 2.42. The SMILES string of the molecule is C=CCCOc1ccc2ccc(=O)n(CC=O)c2c1. The second kappa shape index (κ2) is 6.00. The van der Waals surface area contributed by atoms with Crippen LogP contribution in [0.25, 0.3) is 10.9 Å². The van der Waals surface area contributed by atoms with Gasteiger partial charge in [0.2, 0.25) is 0 Å². The summed E-state index contributed by atoms with van der Waals surface area (Å²) >= 11 is 0. The molecule has 0 N–H and O–H groups in total. The van der Waals surface area contributed by atoms with Gasteiger partial charge in [-0.25, -0.2) is 0 Å². The van der Waals surface area contributed by atoms with Gasteiger partial charge in [-0.15, -0.1) is 6.58 Å². The summed E-state index contributed by atoms with van der Waals surface area (Å²) in [6.45, 7) is 4.22. The number of pyridine rings is 1. The molecule has 98 valence electrons. The minimum atomic E-state index is -0.192. The lowest BCUT2D eigenvalue weighted by Crippen LogP contribution is -2.19. The van der Waals surface area contributed by atoms with Crippen molar-refractivity contribution in [3.05, 3.63) is 53.3 Å². The number of carbonyl (C=O) groups is 1. The fourth-order valence-electron chi connectivity index (χ4n) is 1.88. The Morgan fingerprint density at radius 1 is 1.26 bits per heavy atom. The maximum absolute atomic E-state index is 11.7. The molecule has 0 fully saturated rings. The van der Waals surface area contributed by atoms with Gasteiger partial charge in [-0.1, -0.05) is 6.08 Å². The van der Waals surface area contributed by atoms with Crippen molar-refractivity contribution in [1.82, 2.24) is 4.57 Å². The van der Waals surface area contributed by atoms with Crippen molar-refractivity contribution in [3.63, 3.8) is 0 Å². The molecular formula is C15H15NO3. The van der Waals surface area contributed by atoms with Crippen LogP contribution in [0.15, 0.2) is 47.8 Å². The van der Waals surface area contributed by atoms with Gasteiger partial charge in [0.15, 0.2) is 0 Å². The van der Waals surface area contributed by atoms with Crippen LogP contribution in [0.2, 0.25) is 0 Å². The summed E-state index contributed by atoms with van der Waals surface area (Å²) in [5.74, 6) is 0.680. The molecule has 0 aliphatic rings. The highest BCUT2D eigenvalue weighted by molar-refractivity contribution is 5.81. The summed E-state index contributed by atoms with van der Waals surface area (Å²) in [7, 11) is 0. The summed E-state index contributed by atoms with van der Waals surface area (Å²) < 4.78 is 6.99. The van der Waals surface area contributed by atoms with E-state index in [2.05, 4.69) is 6.58 Å². The molecule has 0 atom stereocenters. The van der Waals surface area contributed by atoms with Gasteiger partial charge in [-0.05, 0) is 30.0 Å². The molecular weight excluding hydrogens is 242 g/mol. The second-order valence-corrected chi connectivity index (χ2v) is 4.10. The first-order valence-corrected chi connectivity index (χ1v) is 6.07. The maximum Gasteiger partial charge on any atom is 0.251 e. The fourth-order valence-corrected chi connectivity index (χ4v) is 1.88. The third-order valence-electron chi connectivity index (χ3n) is 2.81. The van der Waals surface area contributed by atoms with Crippen molar-refractivity contribution >= 4 is 17.2 Å². The summed E-state index contributed by atoms with van der Waals surface area (Å²) in [5, 5.41) is 0.900. The number of benzene rings is 1. The van der Waals surface area contributed by atoms with Gasteiger partial charge in [0.25, 0.3) is 5.56 Å². The number of hydrogen-bond donors (Lipinski definition) is 0. The molecule has 2 rings (SSSR count). The standard InChI is InChI=1S/C15H15NO3/c1-2-3-10-19-13-6-4-12-5-7-15(18)16(8-9-17)14(12)11-13/h2,4-7,9,11H,1,3,8,10H2. The molecule has 2 aromatic rings. The number of rotatable bonds is 6. The third-order valence-corrected chi connectivity index (χ3v) is 2.81. The molecule has 0 radical (unpaired) electrons. The molecule has 0 bridgehead atoms. The van der Waals surface area contributed by atoms with E-state index in [4.69, 9.17) is 4.74 Å². The summed E-state index contributed by atoms with van der Waals surface area (Å²) in [4.78, 5) is 22.4. The van der Waals surface area contributed by atoms with Crippen molar-refractivity contribution in [3.8, 4) is 5.75 Å². The van der Waals surface area contributed by atoms with Gasteiger partial charge in [0.05, 0.1) is 18.7 Å². The van der Waals surface area contributed by atoms with E-state index in [0.717, 1.165) is 11.8 Å². The van der Waals surface area contributed by atoms with Crippen LogP contribution < -0.4 is 10.3 Å². The predicted octanol–water partition coefficient (Wildman–Crippen LogP) is 2.16. The lowest BCUT2D eigenvalue weighted by Gasteiger charge is -2.09. The van der Waals surface area contributed by atoms with E-state index in [1.807, 2.05) is 12.1 Å². The van der Waals surface area contributed by atoms with E-state index in [-0.39, 0.29) is 12.1 Å². The molecule has 0 unspecified atom stereocenters. The predicted molar refractivity (Wildman–Crippen MR) is 74.6 cm³/mol. The van der Waals surface area contributed by atoms with Crippen LogP contribution in [0.1, 0.15) is 6.42 Å². The van der Waals surface area contributed by atoms with Crippen molar-refractivity contribution in [1.29, 1.82) is 0 Å². The molecule has 19 heavy (non-hydrogen) atoms. The van der Waals surface area contributed by atoms with E-state index < -0.39 is 0 Å². The second-order valence-electron chi connectivity index (χ2n) is 4.10. The van der Waals surface area contributed by atoms with E-state index in [9.17, 15) is 9.59 Å². The van der Waals surface area contributed by atoms with Gasteiger partial charge < -0.3 is 14.1 Å². The molecule has 4 heteroatoms. The minimum absolute atomic E-state index is 0.0479. The molecule has 0 aliphatic heterocycles. The number of carbonyl (C=O) groups excluding carboxylic acids is 1. The van der Waals surface area contributed by atoms with Crippen molar-refractivity contribution in [2.75, 3.05) is 6.61 Å². The van der Waals surface area contributed by atoms with Crippen LogP contribution in [0, 0.1) is 0 Å². The highest BCUT2D eigenvalue weighted by Gasteiger charge is 2.04. The van der Waals surface area contributed by atoms with E-state index in [1.165, 1.54) is 10.6 Å². The van der Waals surface area contributed by atoms with Gasteiger partial charge in [-0.2, -0.15) is 0 Å². The first kappa shape index (κ1) is 13.1. The number of hydrogen-bond acceptors (Lipinski definition) is 3. The Labute approximate surface area is 110 Å². The van der Waals surface area contributed by atoms with Crippen LogP contribution in [-0.2, 0) is 11.3 Å². The lowest BCUT2D eigenvalue weighted by atomic mass is 10.2. The zero-order chi connectivity index (χ0) is 13.7. The largest absolute Gasteiger partial charge is 0.493 e. The molecule has 0 aliphatic carbocycles. The van der Waals surface area contributed by atoms with E-state index >= 15 is 0 Å². The fraction of sp³-hybridized carbons (Fsp3) is 0.200. The smallest absolute Gasteiger partial charge is 0.251 e. The monoisotopic (exact) mass is 257 g/mol. The number of ether oxygens (including phenoxy) is 1. The molecule has 1 aromatic carbocycles. The van der Waals surface area contributed by atoms with Gasteiger partial charge in [-0.3, -0.25) is 4.79 Å². The topological polar surface area (TPSA) is 48.3 Å². The Balaban J connectivity index is 2.43. The Kier molecular flexibility index (Phi) is 4.13. The molecule has 1 aromatic heterocycles. The van der Waals surface area contributed by atoms with Crippen LogP contribution >= 0.6 is 0 Å². The highest BCUT2D eigenvalue weighted by atomic mass is 16.5. The molecule has 0 amide bonds. The number of aromatic nitrogens is 1. The molecule has 0 spiro atoms. The van der Waals surface area contributed by atoms with E-state index in [1.54, 1.807) is 18.2 Å². The van der Waals surface area contributed by atoms with Gasteiger partial charge in [0.1, 0.15) is 12.0 Å². The van der Waals surface area contributed by atoms with Crippen molar-refractivity contribution in [2.24, 2.45) is 0 Å². The van der Waals surface area contributed by atoms with Crippen LogP contribution in [0.5, 0.6) is 5.75 Å². The highest BCUT2D eigenvalue weighted by Crippen LogP contribution is 2.19. The zero-order valence-corrected chi connectivity index (χ0v) is 10.5. The molecule has 0 saturated carbocycles. The first-order valence-electron chi connectivity index (χ1n) is 6.07. The zero-order valence-electron chi connectivity index (χ0n) is 10.5. The van der Waals surface area contributed by atoms with Crippen molar-refractivity contribution < 1.29 is 9.53 Å². The molecule has 1 heterocycles. The molecule has 0 saturated heterocycles. The Morgan fingerprint density at radius 3 is 2.79 bits per heavy atom. The van der Waals surface area contributed by atoms with Crippen LogP contribution in [-0.4, -0.2) is 17.5 Å². The summed E-state index contributed by atoms with van der Waals surface area (Å²) in [6.07, 6.45) is 3.25. The number of aldehydes is 1. The maximum atomic E-state index is 11.7. The lowest BCUT2D eigenvalue weighted by molar-refractivity contribution is -0.108. The normalized spacial score (nSPS) is 10.3. The number of nitrogens with zero attached hydrogens (tertiary/aromatic N) is 1. The van der Waals surface area contributed by atoms with E-state index in [0.29, 0.717) is 24.2 Å². The summed E-state index contributed by atoms with van der Waals surface area (Å²) in [6, 6.07) is 8.71. The molecule has 4 nitrogen and oxygen atoms in total. The average molecular weight is 257 g/mol. The van der Waals surface area contributed by atoms with Crippen molar-refractivity contribution in [2.45, 2.75) is 13.0 Å². The minimum Gasteiger partial charge on any atom is -0.493 e. The van der Waals surface area contributed by atoms with Crippen LogP contribution in [0.3, 0.4) is 0 Å². The quantitative estimate of drug-likeness (QED) is 0.452. The number of fused-ring (bicyclic) bond motifs is 1. The Bertz CT molecular complexity index is 658. The summed E-state index contributed by atoms with van der Waals surface area (Å²) in [5.41, 5.74) is 0.513.